The fourth-order valence-electron chi connectivity index (χ4n) is 2.20. The van der Waals surface area contributed by atoms with E-state index in [9.17, 15) is 14.0 Å². The Bertz CT molecular complexity index is 882. The van der Waals surface area contributed by atoms with Crippen molar-refractivity contribution in [2.45, 2.75) is 20.0 Å². The number of aryl methyl sites for hydroxylation is 1. The van der Waals surface area contributed by atoms with Crippen LogP contribution < -0.4 is 10.1 Å². The van der Waals surface area contributed by atoms with Gasteiger partial charge in [-0.1, -0.05) is 23.7 Å². The minimum absolute atomic E-state index is 0.0506. The molecule has 0 heterocycles. The summed E-state index contributed by atoms with van der Waals surface area (Å²) in [7, 11) is 1.50. The average molecular weight is 392 g/mol. The van der Waals surface area contributed by atoms with Crippen LogP contribution in [0.4, 0.5) is 10.1 Å². The highest BCUT2D eigenvalue weighted by Gasteiger charge is 2.18. The van der Waals surface area contributed by atoms with Gasteiger partial charge in [0, 0.05) is 6.08 Å². The number of nitrogens with one attached hydrogen (secondary N) is 1. The van der Waals surface area contributed by atoms with Crippen LogP contribution in [0.3, 0.4) is 0 Å². The van der Waals surface area contributed by atoms with Crippen LogP contribution in [0, 0.1) is 12.7 Å². The quantitative estimate of drug-likeness (QED) is 0.586. The molecule has 0 radical (unpaired) electrons. The van der Waals surface area contributed by atoms with E-state index < -0.39 is 23.8 Å². The van der Waals surface area contributed by atoms with Crippen LogP contribution >= 0.6 is 11.6 Å². The number of amides is 1. The lowest BCUT2D eigenvalue weighted by Gasteiger charge is -2.15. The third-order valence-corrected chi connectivity index (χ3v) is 3.92. The molecule has 0 aromatic heterocycles. The SMILES string of the molecule is COc1ccc(C)cc1NC(=O)[C@H](C)OC(=O)/C=C/c1ccc(F)c(Cl)c1. The van der Waals surface area contributed by atoms with Crippen LogP contribution in [-0.4, -0.2) is 25.1 Å². The zero-order valence-electron chi connectivity index (χ0n) is 15.1. The molecule has 0 unspecified atom stereocenters. The van der Waals surface area contributed by atoms with Crippen molar-refractivity contribution in [3.8, 4) is 5.75 Å². The van der Waals surface area contributed by atoms with Crippen LogP contribution in [0.5, 0.6) is 5.75 Å². The number of methoxy groups -OCH3 is 1. The number of carbonyl (C=O) groups excluding carboxylic acids is 2. The molecule has 0 saturated carbocycles. The highest BCUT2D eigenvalue weighted by molar-refractivity contribution is 6.30. The lowest BCUT2D eigenvalue weighted by molar-refractivity contribution is -0.148. The molecule has 0 saturated heterocycles. The van der Waals surface area contributed by atoms with E-state index in [1.807, 2.05) is 13.0 Å². The monoisotopic (exact) mass is 391 g/mol. The highest BCUT2D eigenvalue weighted by Crippen LogP contribution is 2.25. The van der Waals surface area contributed by atoms with Crippen molar-refractivity contribution in [1.29, 1.82) is 0 Å². The van der Waals surface area contributed by atoms with Crippen molar-refractivity contribution in [2.24, 2.45) is 0 Å². The molecule has 0 fully saturated rings. The molecule has 2 rings (SSSR count). The van der Waals surface area contributed by atoms with Crippen molar-refractivity contribution in [1.82, 2.24) is 0 Å². The summed E-state index contributed by atoms with van der Waals surface area (Å²) < 4.78 is 23.4. The van der Waals surface area contributed by atoms with Crippen LogP contribution in [0.2, 0.25) is 5.02 Å². The molecular formula is C20H19ClFNO4. The first kappa shape index (κ1) is 20.5. The Morgan fingerprint density at radius 1 is 1.22 bits per heavy atom. The Labute approximate surface area is 161 Å². The minimum atomic E-state index is -1.02. The molecule has 1 N–H and O–H groups in total. The fraction of sp³-hybridized carbons (Fsp3) is 0.200. The van der Waals surface area contributed by atoms with Gasteiger partial charge < -0.3 is 14.8 Å². The van der Waals surface area contributed by atoms with Crippen molar-refractivity contribution >= 4 is 35.2 Å². The number of rotatable bonds is 6. The number of hydrogen-bond donors (Lipinski definition) is 1. The van der Waals surface area contributed by atoms with E-state index in [1.54, 1.807) is 12.1 Å². The molecule has 0 aliphatic heterocycles. The molecule has 142 valence electrons. The summed E-state index contributed by atoms with van der Waals surface area (Å²) >= 11 is 5.68. The van der Waals surface area contributed by atoms with Crippen LogP contribution in [0.25, 0.3) is 6.08 Å². The predicted molar refractivity (Wildman–Crippen MR) is 102 cm³/mol. The summed E-state index contributed by atoms with van der Waals surface area (Å²) in [6.45, 7) is 3.34. The van der Waals surface area contributed by atoms with E-state index in [1.165, 1.54) is 38.3 Å². The molecule has 1 amide bonds. The molecule has 2 aromatic carbocycles. The Morgan fingerprint density at radius 2 is 1.96 bits per heavy atom. The van der Waals surface area contributed by atoms with Gasteiger partial charge in [-0.2, -0.15) is 0 Å². The second-order valence-corrected chi connectivity index (χ2v) is 6.19. The Morgan fingerprint density at radius 3 is 2.63 bits per heavy atom. The summed E-state index contributed by atoms with van der Waals surface area (Å²) in [5, 5.41) is 2.62. The molecule has 5 nitrogen and oxygen atoms in total. The molecule has 0 bridgehead atoms. The Hall–Kier alpha value is -2.86. The lowest BCUT2D eigenvalue weighted by atomic mass is 10.2. The van der Waals surface area contributed by atoms with Crippen LogP contribution in [0.1, 0.15) is 18.1 Å². The molecule has 2 aromatic rings. The average Bonchev–Trinajstić information content (AvgIpc) is 2.63. The van der Waals surface area contributed by atoms with E-state index in [0.29, 0.717) is 17.0 Å². The Balaban J connectivity index is 1.97. The largest absolute Gasteiger partial charge is 0.495 e. The normalized spacial score (nSPS) is 11.9. The number of halogens is 2. The maximum Gasteiger partial charge on any atom is 0.331 e. The minimum Gasteiger partial charge on any atom is -0.495 e. The summed E-state index contributed by atoms with van der Waals surface area (Å²) in [4.78, 5) is 24.1. The zero-order valence-corrected chi connectivity index (χ0v) is 15.8. The third kappa shape index (κ3) is 5.82. The van der Waals surface area contributed by atoms with E-state index >= 15 is 0 Å². The fourth-order valence-corrected chi connectivity index (χ4v) is 2.39. The molecule has 7 heteroatoms. The molecule has 1 atom stereocenters. The van der Waals surface area contributed by atoms with Gasteiger partial charge in [-0.3, -0.25) is 4.79 Å². The predicted octanol–water partition coefficient (Wildman–Crippen LogP) is 4.38. The summed E-state index contributed by atoms with van der Waals surface area (Å²) in [6.07, 6.45) is 1.53. The Kier molecular flexibility index (Phi) is 6.96. The van der Waals surface area contributed by atoms with Gasteiger partial charge in [0.05, 0.1) is 17.8 Å². The van der Waals surface area contributed by atoms with E-state index in [0.717, 1.165) is 11.6 Å². The van der Waals surface area contributed by atoms with Gasteiger partial charge in [-0.15, -0.1) is 0 Å². The van der Waals surface area contributed by atoms with Gasteiger partial charge in [0.2, 0.25) is 0 Å². The number of anilines is 1. The molecule has 0 aliphatic carbocycles. The van der Waals surface area contributed by atoms with Crippen molar-refractivity contribution in [3.05, 3.63) is 64.4 Å². The number of carbonyl (C=O) groups is 2. The number of esters is 1. The number of ether oxygens (including phenoxy) is 2. The van der Waals surface area contributed by atoms with Gasteiger partial charge in [0.25, 0.3) is 5.91 Å². The topological polar surface area (TPSA) is 64.6 Å². The van der Waals surface area contributed by atoms with Gasteiger partial charge in [-0.25, -0.2) is 9.18 Å². The lowest BCUT2D eigenvalue weighted by Crippen LogP contribution is -2.29. The van der Waals surface area contributed by atoms with Crippen LogP contribution in [-0.2, 0) is 14.3 Å². The number of benzene rings is 2. The second-order valence-electron chi connectivity index (χ2n) is 5.78. The number of hydrogen-bond acceptors (Lipinski definition) is 4. The highest BCUT2D eigenvalue weighted by atomic mass is 35.5. The van der Waals surface area contributed by atoms with Crippen molar-refractivity contribution < 1.29 is 23.5 Å². The van der Waals surface area contributed by atoms with Crippen LogP contribution in [0.15, 0.2) is 42.5 Å². The van der Waals surface area contributed by atoms with Gasteiger partial charge >= 0.3 is 5.97 Å². The summed E-state index contributed by atoms with van der Waals surface area (Å²) in [5.41, 5.74) is 1.96. The maximum atomic E-state index is 13.1. The molecular weight excluding hydrogens is 373 g/mol. The summed E-state index contributed by atoms with van der Waals surface area (Å²) in [5.74, 6) is -1.26. The zero-order chi connectivity index (χ0) is 20.0. The summed E-state index contributed by atoms with van der Waals surface area (Å²) in [6, 6.07) is 9.37. The van der Waals surface area contributed by atoms with Gasteiger partial charge in [0.15, 0.2) is 6.10 Å². The van der Waals surface area contributed by atoms with Crippen molar-refractivity contribution in [2.75, 3.05) is 12.4 Å². The first-order valence-corrected chi connectivity index (χ1v) is 8.47. The second kappa shape index (κ2) is 9.19. The first-order valence-electron chi connectivity index (χ1n) is 8.09. The standard InChI is InChI=1S/C20H19ClFNO4/c1-12-4-8-18(26-3)17(10-12)23-20(25)13(2)27-19(24)9-6-14-5-7-16(22)15(21)11-14/h4-11,13H,1-3H3,(H,23,25)/b9-6+/t13-/m0/s1. The molecule has 27 heavy (non-hydrogen) atoms. The van der Waals surface area contributed by atoms with E-state index in [-0.39, 0.29) is 5.02 Å². The first-order chi connectivity index (χ1) is 12.8. The smallest absolute Gasteiger partial charge is 0.331 e. The maximum absolute atomic E-state index is 13.1. The molecule has 0 spiro atoms. The van der Waals surface area contributed by atoms with E-state index in [2.05, 4.69) is 5.32 Å². The van der Waals surface area contributed by atoms with Gasteiger partial charge in [0.1, 0.15) is 11.6 Å². The van der Waals surface area contributed by atoms with Crippen molar-refractivity contribution in [3.63, 3.8) is 0 Å². The van der Waals surface area contributed by atoms with E-state index in [4.69, 9.17) is 21.1 Å². The third-order valence-electron chi connectivity index (χ3n) is 3.63. The van der Waals surface area contributed by atoms with Gasteiger partial charge in [-0.05, 0) is 55.3 Å². The molecule has 0 aliphatic rings.